The summed E-state index contributed by atoms with van der Waals surface area (Å²) in [6.45, 7) is 5.09. The quantitative estimate of drug-likeness (QED) is 0.922. The molecular formula is C20H24N2O. The summed E-state index contributed by atoms with van der Waals surface area (Å²) in [7, 11) is 0. The Morgan fingerprint density at radius 3 is 2.52 bits per heavy atom. The molecule has 3 heteroatoms. The lowest BCUT2D eigenvalue weighted by Gasteiger charge is -2.41. The molecule has 0 amide bonds. The van der Waals surface area contributed by atoms with Gasteiger partial charge in [-0.3, -0.25) is 4.90 Å². The molecule has 0 aromatic heterocycles. The van der Waals surface area contributed by atoms with E-state index in [1.54, 1.807) is 0 Å². The molecular weight excluding hydrogens is 284 g/mol. The van der Waals surface area contributed by atoms with Gasteiger partial charge in [0.25, 0.3) is 0 Å². The van der Waals surface area contributed by atoms with Crippen molar-refractivity contribution in [3.63, 3.8) is 0 Å². The predicted octanol–water partition coefficient (Wildman–Crippen LogP) is 3.20. The van der Waals surface area contributed by atoms with Crippen molar-refractivity contribution in [1.82, 2.24) is 10.2 Å². The van der Waals surface area contributed by atoms with E-state index >= 15 is 0 Å². The topological polar surface area (TPSA) is 24.5 Å². The van der Waals surface area contributed by atoms with Crippen LogP contribution in [0.2, 0.25) is 0 Å². The van der Waals surface area contributed by atoms with E-state index in [4.69, 9.17) is 4.74 Å². The molecule has 0 atom stereocenters. The maximum atomic E-state index is 6.49. The molecule has 0 saturated carbocycles. The largest absolute Gasteiger partial charge is 0.486 e. The SMILES string of the molecule is c1ccc(CN2CCC3(CC2)CNCc2ccccc2O3)cc1. The maximum absolute atomic E-state index is 6.49. The lowest BCUT2D eigenvalue weighted by atomic mass is 9.90. The van der Waals surface area contributed by atoms with E-state index < -0.39 is 0 Å². The minimum absolute atomic E-state index is 0.0419. The Kier molecular flexibility index (Phi) is 4.06. The Morgan fingerprint density at radius 2 is 1.70 bits per heavy atom. The van der Waals surface area contributed by atoms with Crippen molar-refractivity contribution in [3.8, 4) is 5.75 Å². The average Bonchev–Trinajstić information content (AvgIpc) is 2.77. The summed E-state index contributed by atoms with van der Waals surface area (Å²) in [5.41, 5.74) is 2.63. The van der Waals surface area contributed by atoms with E-state index in [1.807, 2.05) is 0 Å². The second-order valence-corrected chi connectivity index (χ2v) is 6.76. The van der Waals surface area contributed by atoms with E-state index in [1.165, 1.54) is 11.1 Å². The fraction of sp³-hybridized carbons (Fsp3) is 0.400. The van der Waals surface area contributed by atoms with Crippen LogP contribution in [0.1, 0.15) is 24.0 Å². The normalized spacial score (nSPS) is 20.5. The van der Waals surface area contributed by atoms with Crippen LogP contribution in [-0.4, -0.2) is 30.1 Å². The first-order valence-electron chi connectivity index (χ1n) is 8.57. The summed E-state index contributed by atoms with van der Waals surface area (Å²) in [5.74, 6) is 1.06. The van der Waals surface area contributed by atoms with Crippen LogP contribution in [0.4, 0.5) is 0 Å². The Morgan fingerprint density at radius 1 is 0.957 bits per heavy atom. The summed E-state index contributed by atoms with van der Waals surface area (Å²) < 4.78 is 6.49. The van der Waals surface area contributed by atoms with Crippen molar-refractivity contribution >= 4 is 0 Å². The van der Waals surface area contributed by atoms with Crippen molar-refractivity contribution in [2.75, 3.05) is 19.6 Å². The predicted molar refractivity (Wildman–Crippen MR) is 92.5 cm³/mol. The van der Waals surface area contributed by atoms with Gasteiger partial charge >= 0.3 is 0 Å². The molecule has 0 radical (unpaired) electrons. The Bertz CT molecular complexity index is 648. The van der Waals surface area contributed by atoms with Crippen molar-refractivity contribution < 1.29 is 4.74 Å². The lowest BCUT2D eigenvalue weighted by molar-refractivity contribution is 0.00378. The molecule has 2 aromatic carbocycles. The number of ether oxygens (including phenoxy) is 1. The third kappa shape index (κ3) is 3.26. The summed E-state index contributed by atoms with van der Waals surface area (Å²) in [5, 5.41) is 3.58. The van der Waals surface area contributed by atoms with Gasteiger partial charge in [0, 0.05) is 51.1 Å². The number of benzene rings is 2. The van der Waals surface area contributed by atoms with Gasteiger partial charge in [0.2, 0.25) is 0 Å². The number of hydrogen-bond donors (Lipinski definition) is 1. The van der Waals surface area contributed by atoms with Crippen LogP contribution in [-0.2, 0) is 13.1 Å². The number of para-hydroxylation sites is 1. The van der Waals surface area contributed by atoms with Crippen LogP contribution in [0, 0.1) is 0 Å². The van der Waals surface area contributed by atoms with Gasteiger partial charge in [-0.15, -0.1) is 0 Å². The zero-order chi connectivity index (χ0) is 15.5. The van der Waals surface area contributed by atoms with Crippen molar-refractivity contribution in [2.45, 2.75) is 31.5 Å². The second-order valence-electron chi connectivity index (χ2n) is 6.76. The molecule has 2 aliphatic heterocycles. The minimum Gasteiger partial charge on any atom is -0.486 e. The molecule has 1 spiro atoms. The van der Waals surface area contributed by atoms with Crippen molar-refractivity contribution in [3.05, 3.63) is 65.7 Å². The van der Waals surface area contributed by atoms with Crippen molar-refractivity contribution in [1.29, 1.82) is 0 Å². The van der Waals surface area contributed by atoms with Gasteiger partial charge in [0.05, 0.1) is 0 Å². The highest BCUT2D eigenvalue weighted by molar-refractivity contribution is 5.35. The van der Waals surface area contributed by atoms with Gasteiger partial charge in [-0.05, 0) is 11.6 Å². The number of hydrogen-bond acceptors (Lipinski definition) is 3. The fourth-order valence-corrected chi connectivity index (χ4v) is 3.68. The first-order chi connectivity index (χ1) is 11.3. The number of rotatable bonds is 2. The molecule has 4 rings (SSSR count). The van der Waals surface area contributed by atoms with Crippen LogP contribution >= 0.6 is 0 Å². The summed E-state index contributed by atoms with van der Waals surface area (Å²) >= 11 is 0. The first kappa shape index (κ1) is 14.7. The highest BCUT2D eigenvalue weighted by Gasteiger charge is 2.38. The molecule has 0 aliphatic carbocycles. The number of fused-ring (bicyclic) bond motifs is 1. The maximum Gasteiger partial charge on any atom is 0.124 e. The van der Waals surface area contributed by atoms with Gasteiger partial charge < -0.3 is 10.1 Å². The summed E-state index contributed by atoms with van der Waals surface area (Å²) in [4.78, 5) is 2.54. The van der Waals surface area contributed by atoms with Gasteiger partial charge in [-0.2, -0.15) is 0 Å². The third-order valence-corrected chi connectivity index (χ3v) is 5.08. The standard InChI is InChI=1S/C20H24N2O/c1-2-6-17(7-3-1)15-22-12-10-20(11-13-22)16-21-14-18-8-4-5-9-19(18)23-20/h1-9,21H,10-16H2. The van der Waals surface area contributed by atoms with E-state index in [2.05, 4.69) is 64.8 Å². The number of nitrogens with one attached hydrogen (secondary N) is 1. The molecule has 2 aliphatic rings. The van der Waals surface area contributed by atoms with Crippen molar-refractivity contribution in [2.24, 2.45) is 0 Å². The molecule has 0 unspecified atom stereocenters. The minimum atomic E-state index is -0.0419. The molecule has 2 heterocycles. The van der Waals surface area contributed by atoms with Crippen LogP contribution < -0.4 is 10.1 Å². The smallest absolute Gasteiger partial charge is 0.124 e. The highest BCUT2D eigenvalue weighted by atomic mass is 16.5. The van der Waals surface area contributed by atoms with Gasteiger partial charge in [-0.1, -0.05) is 48.5 Å². The van der Waals surface area contributed by atoms with Gasteiger partial charge in [0.1, 0.15) is 11.4 Å². The van der Waals surface area contributed by atoms with E-state index in [0.717, 1.165) is 51.3 Å². The zero-order valence-corrected chi connectivity index (χ0v) is 13.5. The van der Waals surface area contributed by atoms with Crippen LogP contribution in [0.5, 0.6) is 5.75 Å². The molecule has 1 N–H and O–H groups in total. The summed E-state index contributed by atoms with van der Waals surface area (Å²) in [6.07, 6.45) is 2.17. The van der Waals surface area contributed by atoms with Gasteiger partial charge in [-0.25, -0.2) is 0 Å². The fourth-order valence-electron chi connectivity index (χ4n) is 3.68. The second kappa shape index (κ2) is 6.34. The molecule has 1 saturated heterocycles. The van der Waals surface area contributed by atoms with Crippen LogP contribution in [0.3, 0.4) is 0 Å². The van der Waals surface area contributed by atoms with Crippen LogP contribution in [0.25, 0.3) is 0 Å². The molecule has 1 fully saturated rings. The van der Waals surface area contributed by atoms with Gasteiger partial charge in [0.15, 0.2) is 0 Å². The molecule has 2 aromatic rings. The number of piperidine rings is 1. The average molecular weight is 308 g/mol. The Balaban J connectivity index is 1.42. The van der Waals surface area contributed by atoms with Crippen LogP contribution in [0.15, 0.2) is 54.6 Å². The monoisotopic (exact) mass is 308 g/mol. The number of likely N-dealkylation sites (tertiary alicyclic amines) is 1. The molecule has 0 bridgehead atoms. The number of nitrogens with zero attached hydrogens (tertiary/aromatic N) is 1. The van der Waals surface area contributed by atoms with E-state index in [-0.39, 0.29) is 5.60 Å². The van der Waals surface area contributed by atoms with E-state index in [9.17, 15) is 0 Å². The summed E-state index contributed by atoms with van der Waals surface area (Å²) in [6, 6.07) is 19.2. The molecule has 3 nitrogen and oxygen atoms in total. The van der Waals surface area contributed by atoms with E-state index in [0.29, 0.717) is 0 Å². The first-order valence-corrected chi connectivity index (χ1v) is 8.57. The third-order valence-electron chi connectivity index (χ3n) is 5.08. The zero-order valence-electron chi connectivity index (χ0n) is 13.5. The highest BCUT2D eigenvalue weighted by Crippen LogP contribution is 2.33. The molecule has 120 valence electrons. The molecule has 23 heavy (non-hydrogen) atoms. The Hall–Kier alpha value is -1.84. The Labute approximate surface area is 138 Å². The lowest BCUT2D eigenvalue weighted by Crippen LogP contribution is -2.52.